The van der Waals surface area contributed by atoms with E-state index in [9.17, 15) is 37.6 Å². The first-order valence-corrected chi connectivity index (χ1v) is 13.0. The van der Waals surface area contributed by atoms with E-state index >= 15 is 0 Å². The van der Waals surface area contributed by atoms with Gasteiger partial charge in [-0.3, -0.25) is 24.4 Å². The number of halogens is 3. The number of hydroxylamine groups is 2. The molecule has 0 saturated carbocycles. The lowest BCUT2D eigenvalue weighted by molar-refractivity contribution is -0.156. The van der Waals surface area contributed by atoms with E-state index in [0.29, 0.717) is 37.4 Å². The van der Waals surface area contributed by atoms with E-state index in [1.165, 1.54) is 0 Å². The molecule has 218 valence electrons. The van der Waals surface area contributed by atoms with E-state index in [4.69, 9.17) is 0 Å². The van der Waals surface area contributed by atoms with Gasteiger partial charge in [0.1, 0.15) is 6.04 Å². The van der Waals surface area contributed by atoms with Gasteiger partial charge in [0.25, 0.3) is 5.91 Å². The summed E-state index contributed by atoms with van der Waals surface area (Å²) >= 11 is 0. The van der Waals surface area contributed by atoms with Crippen LogP contribution in [0.4, 0.5) is 13.2 Å². The van der Waals surface area contributed by atoms with Crippen LogP contribution in [0, 0.1) is 17.3 Å². The maximum absolute atomic E-state index is 13.5. The SMILES string of the molecule is CC(C)C[C@H](CN(O)C=O)C(=O)N[C@H](C(=O)N1CCC(NC(=O)c2ccc(C(F)(F)F)cc2)CC1)C(C)(C)C. The highest BCUT2D eigenvalue weighted by Gasteiger charge is 2.38. The minimum Gasteiger partial charge on any atom is -0.349 e. The minimum atomic E-state index is -4.48. The van der Waals surface area contributed by atoms with E-state index in [1.54, 1.807) is 4.90 Å². The largest absolute Gasteiger partial charge is 0.416 e. The van der Waals surface area contributed by atoms with Crippen LogP contribution >= 0.6 is 0 Å². The molecule has 39 heavy (non-hydrogen) atoms. The molecule has 2 rings (SSSR count). The molecule has 1 aliphatic rings. The highest BCUT2D eigenvalue weighted by molar-refractivity contribution is 5.94. The first-order chi connectivity index (χ1) is 18.0. The third-order valence-electron chi connectivity index (χ3n) is 6.67. The number of amides is 4. The number of benzene rings is 1. The fourth-order valence-corrected chi connectivity index (χ4v) is 4.52. The number of hydrogen-bond donors (Lipinski definition) is 3. The topological polar surface area (TPSA) is 119 Å². The molecule has 4 amide bonds. The zero-order chi connectivity index (χ0) is 29.5. The van der Waals surface area contributed by atoms with Gasteiger partial charge in [0.2, 0.25) is 18.2 Å². The molecule has 1 fully saturated rings. The van der Waals surface area contributed by atoms with Crippen molar-refractivity contribution in [2.24, 2.45) is 17.3 Å². The van der Waals surface area contributed by atoms with Crippen LogP contribution in [-0.4, -0.2) is 71.0 Å². The maximum atomic E-state index is 13.5. The molecule has 0 bridgehead atoms. The van der Waals surface area contributed by atoms with Gasteiger partial charge < -0.3 is 15.5 Å². The second-order valence-corrected chi connectivity index (χ2v) is 11.5. The molecular weight excluding hydrogens is 517 g/mol. The average Bonchev–Trinajstić information content (AvgIpc) is 2.85. The van der Waals surface area contributed by atoms with E-state index < -0.39 is 40.9 Å². The molecule has 0 aliphatic carbocycles. The zero-order valence-corrected chi connectivity index (χ0v) is 23.0. The Bertz CT molecular complexity index is 1000. The van der Waals surface area contributed by atoms with E-state index in [1.807, 2.05) is 34.6 Å². The number of carbonyl (C=O) groups is 4. The molecule has 1 saturated heterocycles. The molecule has 1 aliphatic heterocycles. The van der Waals surface area contributed by atoms with Crippen LogP contribution in [0.2, 0.25) is 0 Å². The Hall–Kier alpha value is -3.15. The summed E-state index contributed by atoms with van der Waals surface area (Å²) in [7, 11) is 0. The Balaban J connectivity index is 2.01. The summed E-state index contributed by atoms with van der Waals surface area (Å²) in [6, 6.07) is 2.86. The van der Waals surface area contributed by atoms with E-state index in [0.717, 1.165) is 24.3 Å². The van der Waals surface area contributed by atoms with Gasteiger partial charge in [0.15, 0.2) is 0 Å². The third-order valence-corrected chi connectivity index (χ3v) is 6.67. The number of likely N-dealkylation sites (tertiary alicyclic amines) is 1. The molecule has 9 nitrogen and oxygen atoms in total. The van der Waals surface area contributed by atoms with Gasteiger partial charge in [-0.25, -0.2) is 5.06 Å². The Labute approximate surface area is 227 Å². The van der Waals surface area contributed by atoms with Crippen molar-refractivity contribution in [3.8, 4) is 0 Å². The standard InChI is InChI=1S/C27H39F3N4O5/c1-17(2)14-19(15-34(39)16-35)24(37)32-22(26(3,4)5)25(38)33-12-10-21(11-13-33)31-23(36)18-6-8-20(9-7-18)27(28,29)30/h6-9,16-17,19,21-22,39H,10-15H2,1-5H3,(H,31,36)(H,32,37)/t19-,22-/m1/s1. The first-order valence-electron chi connectivity index (χ1n) is 13.0. The summed E-state index contributed by atoms with van der Waals surface area (Å²) in [6.45, 7) is 9.76. The molecule has 2 atom stereocenters. The summed E-state index contributed by atoms with van der Waals surface area (Å²) in [4.78, 5) is 51.6. The highest BCUT2D eigenvalue weighted by atomic mass is 19.4. The Kier molecular flexibility index (Phi) is 10.9. The van der Waals surface area contributed by atoms with Crippen molar-refractivity contribution in [1.82, 2.24) is 20.6 Å². The number of rotatable bonds is 10. The van der Waals surface area contributed by atoms with Gasteiger partial charge in [-0.2, -0.15) is 13.2 Å². The van der Waals surface area contributed by atoms with Gasteiger partial charge in [-0.1, -0.05) is 34.6 Å². The minimum absolute atomic E-state index is 0.112. The smallest absolute Gasteiger partial charge is 0.349 e. The Morgan fingerprint density at radius 2 is 1.67 bits per heavy atom. The van der Waals surface area contributed by atoms with Crippen LogP contribution < -0.4 is 10.6 Å². The summed E-state index contributed by atoms with van der Waals surface area (Å²) < 4.78 is 38.3. The molecule has 0 spiro atoms. The molecule has 1 heterocycles. The van der Waals surface area contributed by atoms with Gasteiger partial charge in [-0.15, -0.1) is 0 Å². The van der Waals surface area contributed by atoms with Crippen molar-refractivity contribution in [2.75, 3.05) is 19.6 Å². The van der Waals surface area contributed by atoms with Gasteiger partial charge in [-0.05, 0) is 54.9 Å². The second kappa shape index (κ2) is 13.3. The van der Waals surface area contributed by atoms with E-state index in [2.05, 4.69) is 10.6 Å². The lowest BCUT2D eigenvalue weighted by atomic mass is 9.84. The molecule has 0 aromatic heterocycles. The Morgan fingerprint density at radius 1 is 1.10 bits per heavy atom. The molecule has 0 unspecified atom stereocenters. The predicted molar refractivity (Wildman–Crippen MR) is 137 cm³/mol. The first kappa shape index (κ1) is 32.1. The van der Waals surface area contributed by atoms with Crippen LogP contribution in [0.5, 0.6) is 0 Å². The van der Waals surface area contributed by atoms with Crippen molar-refractivity contribution in [2.45, 2.75) is 72.1 Å². The van der Waals surface area contributed by atoms with Crippen LogP contribution in [0.15, 0.2) is 24.3 Å². The maximum Gasteiger partial charge on any atom is 0.416 e. The number of carbonyl (C=O) groups excluding carboxylic acids is 4. The third kappa shape index (κ3) is 9.52. The van der Waals surface area contributed by atoms with Crippen LogP contribution in [0.25, 0.3) is 0 Å². The van der Waals surface area contributed by atoms with Crippen molar-refractivity contribution in [1.29, 1.82) is 0 Å². The van der Waals surface area contributed by atoms with Crippen LogP contribution in [0.1, 0.15) is 69.8 Å². The lowest BCUT2D eigenvalue weighted by Gasteiger charge is -2.39. The number of hydrogen-bond acceptors (Lipinski definition) is 5. The quantitative estimate of drug-likeness (QED) is 0.232. The van der Waals surface area contributed by atoms with Crippen molar-refractivity contribution in [3.05, 3.63) is 35.4 Å². The normalized spacial score (nSPS) is 16.4. The molecule has 1 aromatic carbocycles. The summed E-state index contributed by atoms with van der Waals surface area (Å²) in [6.07, 6.45) is -2.96. The van der Waals surface area contributed by atoms with Crippen molar-refractivity contribution in [3.63, 3.8) is 0 Å². The average molecular weight is 557 g/mol. The molecule has 1 aromatic rings. The van der Waals surface area contributed by atoms with Crippen molar-refractivity contribution < 1.29 is 37.6 Å². The number of nitrogens with zero attached hydrogens (tertiary/aromatic N) is 2. The number of piperidine rings is 1. The zero-order valence-electron chi connectivity index (χ0n) is 23.0. The molecular formula is C27H39F3N4O5. The van der Waals surface area contributed by atoms with E-state index in [-0.39, 0.29) is 36.4 Å². The molecule has 12 heteroatoms. The number of nitrogens with one attached hydrogen (secondary N) is 2. The highest BCUT2D eigenvalue weighted by Crippen LogP contribution is 2.29. The van der Waals surface area contributed by atoms with Gasteiger partial charge in [0, 0.05) is 24.7 Å². The molecule has 3 N–H and O–H groups in total. The summed E-state index contributed by atoms with van der Waals surface area (Å²) in [5.74, 6) is -1.79. The van der Waals surface area contributed by atoms with Crippen LogP contribution in [0.3, 0.4) is 0 Å². The Morgan fingerprint density at radius 3 is 2.13 bits per heavy atom. The van der Waals surface area contributed by atoms with Gasteiger partial charge in [0.05, 0.1) is 18.0 Å². The second-order valence-electron chi connectivity index (χ2n) is 11.5. The number of alkyl halides is 3. The van der Waals surface area contributed by atoms with Crippen molar-refractivity contribution >= 4 is 24.1 Å². The van der Waals surface area contributed by atoms with Gasteiger partial charge >= 0.3 is 6.18 Å². The summed E-state index contributed by atoms with van der Waals surface area (Å²) in [5.41, 5.74) is -1.35. The fourth-order valence-electron chi connectivity index (χ4n) is 4.52. The molecule has 0 radical (unpaired) electrons. The van der Waals surface area contributed by atoms with Crippen LogP contribution in [-0.2, 0) is 20.6 Å². The fraction of sp³-hybridized carbons (Fsp3) is 0.630. The lowest BCUT2D eigenvalue weighted by Crippen LogP contribution is -2.58. The summed E-state index contributed by atoms with van der Waals surface area (Å²) in [5, 5.41) is 15.7. The monoisotopic (exact) mass is 556 g/mol. The predicted octanol–water partition coefficient (Wildman–Crippen LogP) is 3.47.